The lowest BCUT2D eigenvalue weighted by Gasteiger charge is -2.16. The molecule has 0 fully saturated rings. The van der Waals surface area contributed by atoms with Gasteiger partial charge in [0.25, 0.3) is 0 Å². The molecule has 2 aromatic rings. The fourth-order valence-electron chi connectivity index (χ4n) is 2.37. The number of benzene rings is 2. The summed E-state index contributed by atoms with van der Waals surface area (Å²) in [5, 5.41) is 0. The summed E-state index contributed by atoms with van der Waals surface area (Å²) in [6, 6.07) is 11.4. The van der Waals surface area contributed by atoms with Crippen molar-refractivity contribution < 1.29 is 36.6 Å². The van der Waals surface area contributed by atoms with Gasteiger partial charge in [-0.25, -0.2) is 4.79 Å². The second-order valence-electron chi connectivity index (χ2n) is 5.92. The third-order valence-corrected chi connectivity index (χ3v) is 3.70. The first-order valence-electron chi connectivity index (χ1n) is 8.43. The largest absolute Gasteiger partial charge is 0.462 e. The van der Waals surface area contributed by atoms with Crippen molar-refractivity contribution in [2.75, 3.05) is 6.61 Å². The van der Waals surface area contributed by atoms with Crippen molar-refractivity contribution in [3.8, 4) is 5.75 Å². The Morgan fingerprint density at radius 1 is 0.929 bits per heavy atom. The Bertz CT molecular complexity index is 802. The maximum atomic E-state index is 12.9. The number of hydrogen-bond donors (Lipinski definition) is 0. The van der Waals surface area contributed by atoms with E-state index in [1.54, 1.807) is 31.2 Å². The SMILES string of the molecule is CCOC(=O)c1ccc(CC(=O)Cc2ccc(OC(F)(F)C(F)F)cc2)cc1. The van der Waals surface area contributed by atoms with E-state index in [0.29, 0.717) is 16.7 Å². The second kappa shape index (κ2) is 9.34. The van der Waals surface area contributed by atoms with Crippen LogP contribution in [0.1, 0.15) is 28.4 Å². The molecular weight excluding hydrogens is 380 g/mol. The third-order valence-electron chi connectivity index (χ3n) is 3.70. The zero-order chi connectivity index (χ0) is 20.7. The lowest BCUT2D eigenvalue weighted by molar-refractivity contribution is -0.253. The minimum Gasteiger partial charge on any atom is -0.462 e. The van der Waals surface area contributed by atoms with Gasteiger partial charge in [-0.2, -0.15) is 17.6 Å². The van der Waals surface area contributed by atoms with Crippen LogP contribution < -0.4 is 4.74 Å². The van der Waals surface area contributed by atoms with Crippen LogP contribution in [0.5, 0.6) is 5.75 Å². The number of halogens is 4. The summed E-state index contributed by atoms with van der Waals surface area (Å²) in [6.07, 6.45) is -8.37. The van der Waals surface area contributed by atoms with Gasteiger partial charge in [-0.05, 0) is 42.3 Å². The van der Waals surface area contributed by atoms with Crippen molar-refractivity contribution in [3.05, 3.63) is 65.2 Å². The average Bonchev–Trinajstić information content (AvgIpc) is 2.63. The Kier molecular flexibility index (Phi) is 7.14. The summed E-state index contributed by atoms with van der Waals surface area (Å²) < 4.78 is 58.8. The summed E-state index contributed by atoms with van der Waals surface area (Å²) in [5.41, 5.74) is 1.62. The van der Waals surface area contributed by atoms with Crippen LogP contribution in [-0.4, -0.2) is 30.9 Å². The zero-order valence-electron chi connectivity index (χ0n) is 15.0. The second-order valence-corrected chi connectivity index (χ2v) is 5.92. The fraction of sp³-hybridized carbons (Fsp3) is 0.300. The van der Waals surface area contributed by atoms with Crippen molar-refractivity contribution in [1.29, 1.82) is 0 Å². The molecular formula is C20H18F4O4. The van der Waals surface area contributed by atoms with E-state index in [-0.39, 0.29) is 25.2 Å². The molecule has 0 aromatic heterocycles. The quantitative estimate of drug-likeness (QED) is 0.463. The van der Waals surface area contributed by atoms with Gasteiger partial charge in [-0.15, -0.1) is 0 Å². The number of Topliss-reactive ketones (excluding diaryl/α,β-unsaturated/α-hetero) is 1. The molecule has 0 heterocycles. The molecule has 0 radical (unpaired) electrons. The van der Waals surface area contributed by atoms with Gasteiger partial charge >= 0.3 is 18.5 Å². The number of carbonyl (C=O) groups excluding carboxylic acids is 2. The topological polar surface area (TPSA) is 52.6 Å². The van der Waals surface area contributed by atoms with Crippen LogP contribution >= 0.6 is 0 Å². The van der Waals surface area contributed by atoms with Gasteiger partial charge in [-0.3, -0.25) is 4.79 Å². The molecule has 8 heteroatoms. The molecule has 0 aliphatic carbocycles. The number of carbonyl (C=O) groups is 2. The number of ether oxygens (including phenoxy) is 2. The van der Waals surface area contributed by atoms with E-state index in [9.17, 15) is 27.2 Å². The molecule has 0 aliphatic heterocycles. The smallest absolute Gasteiger partial charge is 0.461 e. The van der Waals surface area contributed by atoms with Crippen LogP contribution in [0.25, 0.3) is 0 Å². The molecule has 4 nitrogen and oxygen atoms in total. The van der Waals surface area contributed by atoms with Crippen molar-refractivity contribution >= 4 is 11.8 Å². The van der Waals surface area contributed by atoms with E-state index in [1.165, 1.54) is 12.1 Å². The van der Waals surface area contributed by atoms with Gasteiger partial charge in [0, 0.05) is 12.8 Å². The maximum Gasteiger partial charge on any atom is 0.461 e. The van der Waals surface area contributed by atoms with Gasteiger partial charge in [-0.1, -0.05) is 24.3 Å². The molecule has 0 aliphatic rings. The highest BCUT2D eigenvalue weighted by molar-refractivity contribution is 5.89. The highest BCUT2D eigenvalue weighted by Crippen LogP contribution is 2.27. The Morgan fingerprint density at radius 3 is 1.89 bits per heavy atom. The van der Waals surface area contributed by atoms with Crippen LogP contribution in [0.4, 0.5) is 17.6 Å². The van der Waals surface area contributed by atoms with Crippen LogP contribution in [0.2, 0.25) is 0 Å². The van der Waals surface area contributed by atoms with E-state index in [1.807, 2.05) is 0 Å². The molecule has 0 bridgehead atoms. The predicted molar refractivity (Wildman–Crippen MR) is 92.8 cm³/mol. The minimum absolute atomic E-state index is 0.0329. The Labute approximate surface area is 159 Å². The van der Waals surface area contributed by atoms with Crippen LogP contribution in [0.15, 0.2) is 48.5 Å². The summed E-state index contributed by atoms with van der Waals surface area (Å²) in [7, 11) is 0. The van der Waals surface area contributed by atoms with Gasteiger partial charge in [0.1, 0.15) is 11.5 Å². The van der Waals surface area contributed by atoms with E-state index >= 15 is 0 Å². The zero-order valence-corrected chi connectivity index (χ0v) is 15.0. The molecule has 0 saturated heterocycles. The first kappa shape index (κ1) is 21.4. The predicted octanol–water partition coefficient (Wildman–Crippen LogP) is 4.45. The Morgan fingerprint density at radius 2 is 1.43 bits per heavy atom. The molecule has 0 saturated carbocycles. The third kappa shape index (κ3) is 6.07. The molecule has 28 heavy (non-hydrogen) atoms. The normalized spacial score (nSPS) is 11.4. The van der Waals surface area contributed by atoms with Crippen molar-refractivity contribution in [1.82, 2.24) is 0 Å². The fourth-order valence-corrected chi connectivity index (χ4v) is 2.37. The first-order chi connectivity index (χ1) is 13.2. The van der Waals surface area contributed by atoms with Crippen molar-refractivity contribution in [3.63, 3.8) is 0 Å². The molecule has 0 N–H and O–H groups in total. The number of ketones is 1. The highest BCUT2D eigenvalue weighted by atomic mass is 19.3. The van der Waals surface area contributed by atoms with E-state index in [0.717, 1.165) is 12.1 Å². The van der Waals surface area contributed by atoms with Crippen molar-refractivity contribution in [2.24, 2.45) is 0 Å². The van der Waals surface area contributed by atoms with Crippen LogP contribution in [0.3, 0.4) is 0 Å². The first-order valence-corrected chi connectivity index (χ1v) is 8.43. The van der Waals surface area contributed by atoms with E-state index in [2.05, 4.69) is 4.74 Å². The van der Waals surface area contributed by atoms with Gasteiger partial charge in [0.15, 0.2) is 0 Å². The number of alkyl halides is 4. The summed E-state index contributed by atoms with van der Waals surface area (Å²) in [5.74, 6) is -1.01. The molecule has 0 spiro atoms. The standard InChI is InChI=1S/C20H18F4O4/c1-2-27-18(26)15-7-3-13(4-8-15)11-16(25)12-14-5-9-17(10-6-14)28-20(23,24)19(21)22/h3-10,19H,2,11-12H2,1H3. The maximum absolute atomic E-state index is 12.9. The summed E-state index contributed by atoms with van der Waals surface area (Å²) >= 11 is 0. The van der Waals surface area contributed by atoms with E-state index in [4.69, 9.17) is 4.74 Å². The summed E-state index contributed by atoms with van der Waals surface area (Å²) in [6.45, 7) is 1.97. The van der Waals surface area contributed by atoms with Crippen LogP contribution in [0, 0.1) is 0 Å². The van der Waals surface area contributed by atoms with Gasteiger partial charge in [0.05, 0.1) is 12.2 Å². The molecule has 0 amide bonds. The Balaban J connectivity index is 1.91. The molecule has 0 atom stereocenters. The molecule has 2 rings (SSSR count). The highest BCUT2D eigenvalue weighted by Gasteiger charge is 2.43. The monoisotopic (exact) mass is 398 g/mol. The lowest BCUT2D eigenvalue weighted by atomic mass is 10.0. The Hall–Kier alpha value is -2.90. The lowest BCUT2D eigenvalue weighted by Crippen LogP contribution is -2.33. The van der Waals surface area contributed by atoms with Gasteiger partial charge in [0.2, 0.25) is 0 Å². The number of hydrogen-bond acceptors (Lipinski definition) is 4. The van der Waals surface area contributed by atoms with Crippen LogP contribution in [-0.2, 0) is 22.4 Å². The minimum atomic E-state index is -4.58. The molecule has 0 unspecified atom stereocenters. The average molecular weight is 398 g/mol. The molecule has 150 valence electrons. The molecule has 2 aromatic carbocycles. The van der Waals surface area contributed by atoms with E-state index < -0.39 is 24.3 Å². The van der Waals surface area contributed by atoms with Crippen molar-refractivity contribution in [2.45, 2.75) is 32.3 Å². The summed E-state index contributed by atoms with van der Waals surface area (Å²) in [4.78, 5) is 23.7. The van der Waals surface area contributed by atoms with Gasteiger partial charge < -0.3 is 9.47 Å². The number of esters is 1. The number of rotatable bonds is 9.